The zero-order valence-electron chi connectivity index (χ0n) is 10.6. The number of nitrogens with zero attached hydrogens (tertiary/aromatic N) is 3. The van der Waals surface area contributed by atoms with Crippen molar-refractivity contribution in [2.75, 3.05) is 0 Å². The predicted octanol–water partition coefficient (Wildman–Crippen LogP) is 4.07. The van der Waals surface area contributed by atoms with Gasteiger partial charge in [-0.1, -0.05) is 5.16 Å². The highest BCUT2D eigenvalue weighted by Crippen LogP contribution is 2.27. The van der Waals surface area contributed by atoms with Gasteiger partial charge in [-0.3, -0.25) is 15.1 Å². The molecule has 0 saturated carbocycles. The predicted molar refractivity (Wildman–Crippen MR) is 79.5 cm³/mol. The van der Waals surface area contributed by atoms with Gasteiger partial charge in [0.05, 0.1) is 4.92 Å². The molecule has 0 spiro atoms. The monoisotopic (exact) mass is 345 g/mol. The molecule has 104 valence electrons. The maximum absolute atomic E-state index is 10.6. The lowest BCUT2D eigenvalue weighted by molar-refractivity contribution is -0.384. The molecule has 0 aliphatic heterocycles. The Morgan fingerprint density at radius 1 is 1.10 bits per heavy atom. The van der Waals surface area contributed by atoms with Crippen LogP contribution in [0.15, 0.2) is 57.8 Å². The Labute approximate surface area is 127 Å². The highest BCUT2D eigenvalue weighted by atomic mass is 79.9. The number of hydrogen-bond acceptors (Lipinski definition) is 5. The van der Waals surface area contributed by atoms with Crippen molar-refractivity contribution in [3.63, 3.8) is 0 Å². The van der Waals surface area contributed by atoms with E-state index in [1.807, 2.05) is 6.07 Å². The molecule has 0 atom stereocenters. The third kappa shape index (κ3) is 2.82. The highest BCUT2D eigenvalue weighted by Gasteiger charge is 2.11. The van der Waals surface area contributed by atoms with Crippen molar-refractivity contribution < 1.29 is 9.45 Å². The van der Waals surface area contributed by atoms with E-state index in [9.17, 15) is 10.1 Å². The number of halogens is 1. The van der Waals surface area contributed by atoms with Crippen LogP contribution in [0.5, 0.6) is 0 Å². The lowest BCUT2D eigenvalue weighted by Crippen LogP contribution is -1.87. The maximum Gasteiger partial charge on any atom is 0.269 e. The fourth-order valence-electron chi connectivity index (χ4n) is 1.85. The molecule has 7 heteroatoms. The lowest BCUT2D eigenvalue weighted by Gasteiger charge is -1.95. The quantitative estimate of drug-likeness (QED) is 0.527. The van der Waals surface area contributed by atoms with Crippen LogP contribution in [0.1, 0.15) is 0 Å². The third-order valence-corrected chi connectivity index (χ3v) is 3.31. The first-order valence-corrected chi connectivity index (χ1v) is 6.75. The summed E-state index contributed by atoms with van der Waals surface area (Å²) in [7, 11) is 0. The number of aromatic nitrogens is 2. The number of hydrogen-bond donors (Lipinski definition) is 0. The van der Waals surface area contributed by atoms with Crippen molar-refractivity contribution in [3.8, 4) is 22.6 Å². The zero-order valence-corrected chi connectivity index (χ0v) is 12.1. The van der Waals surface area contributed by atoms with E-state index in [4.69, 9.17) is 4.52 Å². The van der Waals surface area contributed by atoms with E-state index in [0.717, 1.165) is 15.6 Å². The lowest BCUT2D eigenvalue weighted by atomic mass is 10.1. The SMILES string of the molecule is O=[N+]([O-])c1ccc(-c2cc(-c3cncc(Br)c3)on2)cc1. The molecular weight excluding hydrogens is 338 g/mol. The smallest absolute Gasteiger partial charge is 0.269 e. The van der Waals surface area contributed by atoms with Crippen LogP contribution in [-0.2, 0) is 0 Å². The zero-order chi connectivity index (χ0) is 14.8. The van der Waals surface area contributed by atoms with Gasteiger partial charge in [0.15, 0.2) is 5.76 Å². The molecule has 1 aromatic carbocycles. The van der Waals surface area contributed by atoms with Crippen LogP contribution in [0.3, 0.4) is 0 Å². The molecule has 6 nitrogen and oxygen atoms in total. The van der Waals surface area contributed by atoms with Crippen molar-refractivity contribution in [1.82, 2.24) is 10.1 Å². The molecule has 0 fully saturated rings. The molecule has 0 amide bonds. The van der Waals surface area contributed by atoms with E-state index < -0.39 is 4.92 Å². The molecule has 0 aliphatic rings. The summed E-state index contributed by atoms with van der Waals surface area (Å²) < 4.78 is 6.13. The number of pyridine rings is 1. The number of benzene rings is 1. The number of nitro groups is 1. The van der Waals surface area contributed by atoms with Crippen LogP contribution < -0.4 is 0 Å². The molecule has 0 saturated heterocycles. The molecule has 2 heterocycles. The van der Waals surface area contributed by atoms with Crippen molar-refractivity contribution in [3.05, 3.63) is 63.4 Å². The van der Waals surface area contributed by atoms with Gasteiger partial charge in [-0.05, 0) is 34.1 Å². The van der Waals surface area contributed by atoms with Gasteiger partial charge in [-0.15, -0.1) is 0 Å². The molecule has 0 radical (unpaired) electrons. The van der Waals surface area contributed by atoms with Crippen LogP contribution in [0, 0.1) is 10.1 Å². The Kier molecular flexibility index (Phi) is 3.49. The van der Waals surface area contributed by atoms with E-state index in [1.165, 1.54) is 12.1 Å². The molecule has 0 bridgehead atoms. The van der Waals surface area contributed by atoms with E-state index >= 15 is 0 Å². The fraction of sp³-hybridized carbons (Fsp3) is 0. The van der Waals surface area contributed by atoms with E-state index in [1.54, 1.807) is 30.6 Å². The minimum absolute atomic E-state index is 0.0404. The molecule has 0 aliphatic carbocycles. The number of nitro benzene ring substituents is 1. The summed E-state index contributed by atoms with van der Waals surface area (Å²) in [5.41, 5.74) is 2.20. The van der Waals surface area contributed by atoms with Gasteiger partial charge >= 0.3 is 0 Å². The third-order valence-electron chi connectivity index (χ3n) is 2.87. The van der Waals surface area contributed by atoms with Crippen molar-refractivity contribution in [1.29, 1.82) is 0 Å². The standard InChI is InChI=1S/C14H8BrN3O3/c15-11-5-10(7-16-8-11)14-6-13(17-21-14)9-1-3-12(4-2-9)18(19)20/h1-8H. The number of non-ortho nitro benzene ring substituents is 1. The van der Waals surface area contributed by atoms with E-state index in [2.05, 4.69) is 26.1 Å². The second kappa shape index (κ2) is 5.45. The molecule has 3 aromatic rings. The summed E-state index contributed by atoms with van der Waals surface area (Å²) in [6.45, 7) is 0. The topological polar surface area (TPSA) is 82.1 Å². The Morgan fingerprint density at radius 3 is 2.52 bits per heavy atom. The summed E-state index contributed by atoms with van der Waals surface area (Å²) >= 11 is 3.34. The fourth-order valence-corrected chi connectivity index (χ4v) is 2.21. The van der Waals surface area contributed by atoms with Crippen LogP contribution in [0.4, 0.5) is 5.69 Å². The summed E-state index contributed by atoms with van der Waals surface area (Å²) in [5.74, 6) is 0.581. The van der Waals surface area contributed by atoms with Gasteiger partial charge in [0, 0.05) is 46.2 Å². The molecule has 0 unspecified atom stereocenters. The van der Waals surface area contributed by atoms with Crippen LogP contribution in [0.25, 0.3) is 22.6 Å². The Bertz CT molecular complexity index is 799. The minimum atomic E-state index is -0.439. The van der Waals surface area contributed by atoms with Crippen LogP contribution in [-0.4, -0.2) is 15.1 Å². The second-order valence-electron chi connectivity index (χ2n) is 4.27. The molecule has 2 aromatic heterocycles. The van der Waals surface area contributed by atoms with Gasteiger partial charge in [0.1, 0.15) is 5.69 Å². The van der Waals surface area contributed by atoms with Crippen molar-refractivity contribution >= 4 is 21.6 Å². The highest BCUT2D eigenvalue weighted by molar-refractivity contribution is 9.10. The summed E-state index contributed by atoms with van der Waals surface area (Å²) in [6, 6.07) is 9.78. The average molecular weight is 346 g/mol. The number of rotatable bonds is 3. The second-order valence-corrected chi connectivity index (χ2v) is 5.19. The maximum atomic E-state index is 10.6. The minimum Gasteiger partial charge on any atom is -0.356 e. The molecule has 21 heavy (non-hydrogen) atoms. The van der Waals surface area contributed by atoms with Gasteiger partial charge < -0.3 is 4.52 Å². The Balaban J connectivity index is 1.93. The van der Waals surface area contributed by atoms with Crippen LogP contribution in [0.2, 0.25) is 0 Å². The summed E-state index contributed by atoms with van der Waals surface area (Å²) in [5, 5.41) is 14.6. The van der Waals surface area contributed by atoms with E-state index in [-0.39, 0.29) is 5.69 Å². The van der Waals surface area contributed by atoms with E-state index in [0.29, 0.717) is 11.5 Å². The van der Waals surface area contributed by atoms with Crippen molar-refractivity contribution in [2.24, 2.45) is 0 Å². The summed E-state index contributed by atoms with van der Waals surface area (Å²) in [4.78, 5) is 14.3. The Hall–Kier alpha value is -2.54. The first kappa shape index (κ1) is 13.4. The van der Waals surface area contributed by atoms with Crippen molar-refractivity contribution in [2.45, 2.75) is 0 Å². The van der Waals surface area contributed by atoms with Gasteiger partial charge in [0.25, 0.3) is 5.69 Å². The van der Waals surface area contributed by atoms with Gasteiger partial charge in [-0.25, -0.2) is 0 Å². The van der Waals surface area contributed by atoms with Gasteiger partial charge in [0.2, 0.25) is 0 Å². The molecule has 0 N–H and O–H groups in total. The Morgan fingerprint density at radius 2 is 1.86 bits per heavy atom. The first-order valence-electron chi connectivity index (χ1n) is 5.96. The summed E-state index contributed by atoms with van der Waals surface area (Å²) in [6.07, 6.45) is 3.35. The largest absolute Gasteiger partial charge is 0.356 e. The molecular formula is C14H8BrN3O3. The van der Waals surface area contributed by atoms with Crippen LogP contribution >= 0.6 is 15.9 Å². The first-order chi connectivity index (χ1) is 10.1. The normalized spacial score (nSPS) is 10.5. The average Bonchev–Trinajstić information content (AvgIpc) is 2.97. The molecule has 3 rings (SSSR count). The van der Waals surface area contributed by atoms with Gasteiger partial charge in [-0.2, -0.15) is 0 Å².